The van der Waals surface area contributed by atoms with E-state index in [0.717, 1.165) is 11.1 Å². The molecule has 1 aromatic rings. The van der Waals surface area contributed by atoms with Crippen LogP contribution in [-0.2, 0) is 9.59 Å². The Morgan fingerprint density at radius 2 is 1.70 bits per heavy atom. The zero-order valence-corrected chi connectivity index (χ0v) is 11.1. The summed E-state index contributed by atoms with van der Waals surface area (Å²) in [6.07, 6.45) is -0.685. The quantitative estimate of drug-likeness (QED) is 0.649. The summed E-state index contributed by atoms with van der Waals surface area (Å²) in [6.45, 7) is 3.60. The van der Waals surface area contributed by atoms with Crippen molar-refractivity contribution in [3.05, 3.63) is 29.3 Å². The third-order valence-corrected chi connectivity index (χ3v) is 2.70. The van der Waals surface area contributed by atoms with E-state index in [1.54, 1.807) is 26.0 Å². The smallest absolute Gasteiger partial charge is 0.326 e. The number of urea groups is 1. The first-order valence-electron chi connectivity index (χ1n) is 5.89. The molecule has 7 heteroatoms. The molecule has 20 heavy (non-hydrogen) atoms. The minimum Gasteiger partial charge on any atom is -0.481 e. The third kappa shape index (κ3) is 4.27. The monoisotopic (exact) mass is 280 g/mol. The van der Waals surface area contributed by atoms with Crippen LogP contribution in [-0.4, -0.2) is 34.2 Å². The molecule has 0 saturated carbocycles. The van der Waals surface area contributed by atoms with Gasteiger partial charge in [-0.25, -0.2) is 9.59 Å². The molecule has 0 aliphatic carbocycles. The number of hydrogen-bond acceptors (Lipinski definition) is 3. The maximum Gasteiger partial charge on any atom is 0.326 e. The van der Waals surface area contributed by atoms with Gasteiger partial charge in [0.25, 0.3) is 0 Å². The molecular weight excluding hydrogens is 264 g/mol. The van der Waals surface area contributed by atoms with Gasteiger partial charge in [-0.15, -0.1) is 0 Å². The second-order valence-electron chi connectivity index (χ2n) is 4.35. The van der Waals surface area contributed by atoms with E-state index in [1.165, 1.54) is 0 Å². The predicted octanol–water partition coefficient (Wildman–Crippen LogP) is 1.35. The minimum atomic E-state index is -1.48. The number of carbonyl (C=O) groups is 3. The Bertz CT molecular complexity index is 521. The summed E-state index contributed by atoms with van der Waals surface area (Å²) in [5.41, 5.74) is 2.22. The molecule has 0 radical (unpaired) electrons. The number of para-hydroxylation sites is 1. The van der Waals surface area contributed by atoms with Gasteiger partial charge in [0, 0.05) is 5.69 Å². The second kappa shape index (κ2) is 6.55. The van der Waals surface area contributed by atoms with E-state index >= 15 is 0 Å². The van der Waals surface area contributed by atoms with Crippen LogP contribution in [0.15, 0.2) is 18.2 Å². The predicted molar refractivity (Wildman–Crippen MR) is 71.7 cm³/mol. The van der Waals surface area contributed by atoms with Crippen LogP contribution in [0.5, 0.6) is 0 Å². The number of rotatable bonds is 5. The molecule has 0 aliphatic rings. The Balaban J connectivity index is 2.76. The molecule has 0 bridgehead atoms. The average molecular weight is 280 g/mol. The van der Waals surface area contributed by atoms with Crippen LogP contribution in [0.4, 0.5) is 10.5 Å². The maximum atomic E-state index is 11.7. The molecule has 4 N–H and O–H groups in total. The van der Waals surface area contributed by atoms with Crippen molar-refractivity contribution >= 4 is 23.7 Å². The Kier molecular flexibility index (Phi) is 5.08. The van der Waals surface area contributed by atoms with Crippen LogP contribution in [0.1, 0.15) is 17.5 Å². The lowest BCUT2D eigenvalue weighted by Crippen LogP contribution is -2.44. The number of aryl methyl sites for hydroxylation is 2. The first kappa shape index (κ1) is 15.5. The van der Waals surface area contributed by atoms with Crippen LogP contribution in [0.3, 0.4) is 0 Å². The largest absolute Gasteiger partial charge is 0.481 e. The molecule has 0 aromatic heterocycles. The fraction of sp³-hybridized carbons (Fsp3) is 0.308. The topological polar surface area (TPSA) is 116 Å². The van der Waals surface area contributed by atoms with Gasteiger partial charge in [-0.1, -0.05) is 18.2 Å². The van der Waals surface area contributed by atoms with E-state index in [9.17, 15) is 14.4 Å². The molecule has 0 heterocycles. The van der Waals surface area contributed by atoms with Gasteiger partial charge in [-0.05, 0) is 25.0 Å². The highest BCUT2D eigenvalue weighted by Crippen LogP contribution is 2.19. The molecule has 0 spiro atoms. The molecular formula is C13H16N2O5. The van der Waals surface area contributed by atoms with Gasteiger partial charge in [-0.3, -0.25) is 4.79 Å². The third-order valence-electron chi connectivity index (χ3n) is 2.70. The SMILES string of the molecule is Cc1cccc(C)c1NC(=O)N[C@@H](CC(=O)O)C(=O)O. The van der Waals surface area contributed by atoms with Gasteiger partial charge in [0.15, 0.2) is 0 Å². The Labute approximate surface area is 115 Å². The first-order valence-corrected chi connectivity index (χ1v) is 5.89. The Hall–Kier alpha value is -2.57. The summed E-state index contributed by atoms with van der Waals surface area (Å²) in [7, 11) is 0. The minimum absolute atomic E-state index is 0.574. The molecule has 0 fully saturated rings. The number of carboxylic acids is 2. The first-order chi connectivity index (χ1) is 9.31. The van der Waals surface area contributed by atoms with E-state index in [2.05, 4.69) is 10.6 Å². The standard InChI is InChI=1S/C13H16N2O5/c1-7-4-3-5-8(2)11(7)15-13(20)14-9(12(18)19)6-10(16)17/h3-5,9H,6H2,1-2H3,(H,16,17)(H,18,19)(H2,14,15,20)/t9-/m0/s1. The number of carbonyl (C=O) groups excluding carboxylic acids is 1. The molecule has 108 valence electrons. The van der Waals surface area contributed by atoms with Crippen molar-refractivity contribution in [2.45, 2.75) is 26.3 Å². The molecule has 0 unspecified atom stereocenters. The average Bonchev–Trinajstić information content (AvgIpc) is 2.32. The fourth-order valence-corrected chi connectivity index (χ4v) is 1.69. The van der Waals surface area contributed by atoms with Gasteiger partial charge >= 0.3 is 18.0 Å². The van der Waals surface area contributed by atoms with E-state index < -0.39 is 30.4 Å². The van der Waals surface area contributed by atoms with Gasteiger partial charge in [0.1, 0.15) is 6.04 Å². The summed E-state index contributed by atoms with van der Waals surface area (Å²) in [5, 5.41) is 22.1. The van der Waals surface area contributed by atoms with E-state index in [-0.39, 0.29) is 0 Å². The lowest BCUT2D eigenvalue weighted by atomic mass is 10.1. The van der Waals surface area contributed by atoms with Crippen molar-refractivity contribution < 1.29 is 24.6 Å². The highest BCUT2D eigenvalue weighted by molar-refractivity contribution is 5.94. The second-order valence-corrected chi connectivity index (χ2v) is 4.35. The van der Waals surface area contributed by atoms with Crippen LogP contribution in [0.2, 0.25) is 0 Å². The van der Waals surface area contributed by atoms with Crippen LogP contribution < -0.4 is 10.6 Å². The van der Waals surface area contributed by atoms with Crippen molar-refractivity contribution in [1.82, 2.24) is 5.32 Å². The van der Waals surface area contributed by atoms with Crippen molar-refractivity contribution in [2.75, 3.05) is 5.32 Å². The van der Waals surface area contributed by atoms with Crippen LogP contribution in [0, 0.1) is 13.8 Å². The van der Waals surface area contributed by atoms with Crippen molar-refractivity contribution in [2.24, 2.45) is 0 Å². The molecule has 2 amide bonds. The highest BCUT2D eigenvalue weighted by atomic mass is 16.4. The summed E-state index contributed by atoms with van der Waals surface area (Å²) < 4.78 is 0. The number of nitrogens with one attached hydrogen (secondary N) is 2. The van der Waals surface area contributed by atoms with Crippen LogP contribution in [0.25, 0.3) is 0 Å². The van der Waals surface area contributed by atoms with Gasteiger partial charge in [0.05, 0.1) is 6.42 Å². The fourth-order valence-electron chi connectivity index (χ4n) is 1.69. The molecule has 0 aliphatic heterocycles. The van der Waals surface area contributed by atoms with Crippen molar-refractivity contribution in [1.29, 1.82) is 0 Å². The number of amides is 2. The molecule has 1 rings (SSSR count). The summed E-state index contributed by atoms with van der Waals surface area (Å²) >= 11 is 0. The van der Waals surface area contributed by atoms with Crippen molar-refractivity contribution in [3.63, 3.8) is 0 Å². The number of anilines is 1. The maximum absolute atomic E-state index is 11.7. The van der Waals surface area contributed by atoms with Gasteiger partial charge in [-0.2, -0.15) is 0 Å². The zero-order valence-electron chi connectivity index (χ0n) is 11.1. The lowest BCUT2D eigenvalue weighted by Gasteiger charge is -2.15. The summed E-state index contributed by atoms with van der Waals surface area (Å²) in [5.74, 6) is -2.70. The Morgan fingerprint density at radius 1 is 1.15 bits per heavy atom. The highest BCUT2D eigenvalue weighted by Gasteiger charge is 2.23. The van der Waals surface area contributed by atoms with E-state index in [4.69, 9.17) is 10.2 Å². The molecule has 7 nitrogen and oxygen atoms in total. The van der Waals surface area contributed by atoms with E-state index in [0.29, 0.717) is 5.69 Å². The van der Waals surface area contributed by atoms with Crippen molar-refractivity contribution in [3.8, 4) is 0 Å². The number of aliphatic carboxylic acids is 2. The van der Waals surface area contributed by atoms with Gasteiger partial charge < -0.3 is 20.8 Å². The van der Waals surface area contributed by atoms with E-state index in [1.807, 2.05) is 6.07 Å². The molecule has 1 atom stereocenters. The van der Waals surface area contributed by atoms with Gasteiger partial charge in [0.2, 0.25) is 0 Å². The zero-order chi connectivity index (χ0) is 15.3. The number of benzene rings is 1. The number of carboxylic acid groups (broad SMARTS) is 2. The summed E-state index contributed by atoms with van der Waals surface area (Å²) in [6, 6.07) is 3.20. The lowest BCUT2D eigenvalue weighted by molar-refractivity contribution is -0.145. The molecule has 1 aromatic carbocycles. The molecule has 0 saturated heterocycles. The summed E-state index contributed by atoms with van der Waals surface area (Å²) in [4.78, 5) is 33.1. The normalized spacial score (nSPS) is 11.5. The Morgan fingerprint density at radius 3 is 2.15 bits per heavy atom. The number of hydrogen-bond donors (Lipinski definition) is 4. The van der Waals surface area contributed by atoms with Crippen LogP contribution >= 0.6 is 0 Å².